The van der Waals surface area contributed by atoms with E-state index in [2.05, 4.69) is 15.0 Å². The second-order valence-corrected chi connectivity index (χ2v) is 7.06. The number of rotatable bonds is 6. The third kappa shape index (κ3) is 3.81. The van der Waals surface area contributed by atoms with Gasteiger partial charge in [0.15, 0.2) is 17.3 Å². The first-order valence-electron chi connectivity index (χ1n) is 9.64. The molecule has 1 aliphatic carbocycles. The number of hydrogen-bond donors (Lipinski definition) is 1. The number of ketones is 1. The Balaban J connectivity index is 1.72. The number of benzene rings is 1. The fraction of sp³-hybridized carbons (Fsp3) is 0.273. The molecule has 148 valence electrons. The summed E-state index contributed by atoms with van der Waals surface area (Å²) in [5, 5.41) is 0. The Morgan fingerprint density at radius 1 is 1.14 bits per heavy atom. The Labute approximate surface area is 168 Å². The highest BCUT2D eigenvalue weighted by atomic mass is 19.1. The van der Waals surface area contributed by atoms with E-state index in [1.807, 2.05) is 6.07 Å². The maximum absolute atomic E-state index is 15.5. The molecule has 29 heavy (non-hydrogen) atoms. The van der Waals surface area contributed by atoms with E-state index in [-0.39, 0.29) is 34.7 Å². The van der Waals surface area contributed by atoms with Crippen LogP contribution in [-0.2, 0) is 0 Å². The molecule has 7 heteroatoms. The average Bonchev–Trinajstić information content (AvgIpc) is 2.70. The van der Waals surface area contributed by atoms with Crippen LogP contribution in [0, 0.1) is 5.82 Å². The monoisotopic (exact) mass is 392 g/mol. The van der Waals surface area contributed by atoms with E-state index < -0.39 is 5.82 Å². The summed E-state index contributed by atoms with van der Waals surface area (Å²) >= 11 is 0. The lowest BCUT2D eigenvalue weighted by atomic mass is 9.79. The molecule has 2 aromatic heterocycles. The van der Waals surface area contributed by atoms with Gasteiger partial charge in [-0.15, -0.1) is 0 Å². The minimum atomic E-state index is -0.510. The summed E-state index contributed by atoms with van der Waals surface area (Å²) in [5.74, 6) is 0.387. The minimum absolute atomic E-state index is 0.00527. The van der Waals surface area contributed by atoms with Crippen molar-refractivity contribution < 1.29 is 13.9 Å². The number of nitrogens with zero attached hydrogens (tertiary/aromatic N) is 3. The fourth-order valence-electron chi connectivity index (χ4n) is 3.30. The topological polar surface area (TPSA) is 91.0 Å². The summed E-state index contributed by atoms with van der Waals surface area (Å²) in [7, 11) is 0. The number of Topliss-reactive ketones (excluding diaryl/α,β-unsaturated/α-hetero) is 1. The lowest BCUT2D eigenvalue weighted by molar-refractivity contribution is 0.0987. The first-order chi connectivity index (χ1) is 14.1. The van der Waals surface area contributed by atoms with Gasteiger partial charge in [-0.3, -0.25) is 9.78 Å². The molecule has 2 N–H and O–H groups in total. The predicted octanol–water partition coefficient (Wildman–Crippen LogP) is 4.91. The maximum Gasteiger partial charge on any atom is 0.219 e. The van der Waals surface area contributed by atoms with Crippen LogP contribution in [0.25, 0.3) is 11.3 Å². The van der Waals surface area contributed by atoms with E-state index in [9.17, 15) is 4.79 Å². The average molecular weight is 392 g/mol. The molecule has 0 bridgehead atoms. The fourth-order valence-corrected chi connectivity index (χ4v) is 3.30. The summed E-state index contributed by atoms with van der Waals surface area (Å²) in [6.45, 7) is 1.79. The van der Waals surface area contributed by atoms with E-state index in [1.54, 1.807) is 25.1 Å². The van der Waals surface area contributed by atoms with Crippen LogP contribution in [0.2, 0.25) is 0 Å². The first kappa shape index (κ1) is 19.0. The van der Waals surface area contributed by atoms with Gasteiger partial charge in [-0.25, -0.2) is 14.4 Å². The van der Waals surface area contributed by atoms with Gasteiger partial charge in [0.05, 0.1) is 18.1 Å². The number of carbonyl (C=O) groups excluding carboxylic acids is 1. The quantitative estimate of drug-likeness (QED) is 0.599. The summed E-state index contributed by atoms with van der Waals surface area (Å²) in [6.07, 6.45) is 7.78. The Bertz CT molecular complexity index is 1030. The number of nitrogen functional groups attached to an aromatic ring is 1. The standard InChI is InChI=1S/C22H21FN4O2/c1-2-18(28)14-6-9-20(27-10-14)29-22-15(13-4-3-5-13)7-8-16(21(22)23)17-11-26-19(24)12-25-17/h6-13H,2-5H2,1H3,(H2,24,26). The van der Waals surface area contributed by atoms with Crippen LogP contribution in [0.3, 0.4) is 0 Å². The molecule has 1 fully saturated rings. The molecule has 1 saturated carbocycles. The SMILES string of the molecule is CCC(=O)c1ccc(Oc2c(C3CCC3)ccc(-c3cnc(N)cn3)c2F)nc1. The van der Waals surface area contributed by atoms with E-state index in [1.165, 1.54) is 18.6 Å². The van der Waals surface area contributed by atoms with Gasteiger partial charge in [-0.1, -0.05) is 19.4 Å². The van der Waals surface area contributed by atoms with Gasteiger partial charge in [-0.2, -0.15) is 0 Å². The third-order valence-corrected chi connectivity index (χ3v) is 5.21. The van der Waals surface area contributed by atoms with Gasteiger partial charge in [0.2, 0.25) is 5.88 Å². The van der Waals surface area contributed by atoms with E-state index in [4.69, 9.17) is 10.5 Å². The molecule has 0 atom stereocenters. The molecular formula is C22H21FN4O2. The Morgan fingerprint density at radius 3 is 2.55 bits per heavy atom. The lowest BCUT2D eigenvalue weighted by Gasteiger charge is -2.28. The van der Waals surface area contributed by atoms with Gasteiger partial charge in [0.25, 0.3) is 0 Å². The molecule has 3 aromatic rings. The number of nitrogens with two attached hydrogens (primary N) is 1. The van der Waals surface area contributed by atoms with Gasteiger partial charge in [0, 0.05) is 35.4 Å². The zero-order valence-electron chi connectivity index (χ0n) is 16.1. The molecular weight excluding hydrogens is 371 g/mol. The predicted molar refractivity (Wildman–Crippen MR) is 107 cm³/mol. The Kier molecular flexibility index (Phi) is 5.20. The van der Waals surface area contributed by atoms with Crippen LogP contribution in [0.1, 0.15) is 54.4 Å². The molecule has 0 spiro atoms. The molecule has 0 unspecified atom stereocenters. The van der Waals surface area contributed by atoms with Crippen molar-refractivity contribution in [3.63, 3.8) is 0 Å². The molecule has 0 saturated heterocycles. The first-order valence-corrected chi connectivity index (χ1v) is 9.64. The van der Waals surface area contributed by atoms with Crippen LogP contribution in [-0.4, -0.2) is 20.7 Å². The smallest absolute Gasteiger partial charge is 0.219 e. The number of hydrogen-bond acceptors (Lipinski definition) is 6. The van der Waals surface area contributed by atoms with Crippen LogP contribution >= 0.6 is 0 Å². The second-order valence-electron chi connectivity index (χ2n) is 7.06. The van der Waals surface area contributed by atoms with Crippen molar-refractivity contribution in [3.8, 4) is 22.9 Å². The minimum Gasteiger partial charge on any atom is -0.436 e. The number of ether oxygens (including phenoxy) is 1. The molecule has 1 aliphatic rings. The van der Waals surface area contributed by atoms with Crippen molar-refractivity contribution in [1.82, 2.24) is 15.0 Å². The highest BCUT2D eigenvalue weighted by molar-refractivity contribution is 5.95. The van der Waals surface area contributed by atoms with Crippen molar-refractivity contribution in [2.24, 2.45) is 0 Å². The molecule has 0 amide bonds. The number of anilines is 1. The van der Waals surface area contributed by atoms with Crippen LogP contribution in [0.15, 0.2) is 42.9 Å². The van der Waals surface area contributed by atoms with Crippen LogP contribution < -0.4 is 10.5 Å². The van der Waals surface area contributed by atoms with Crippen LogP contribution in [0.5, 0.6) is 11.6 Å². The zero-order valence-corrected chi connectivity index (χ0v) is 16.1. The van der Waals surface area contributed by atoms with E-state index >= 15 is 4.39 Å². The number of aromatic nitrogens is 3. The molecule has 2 heterocycles. The van der Waals surface area contributed by atoms with Gasteiger partial charge >= 0.3 is 0 Å². The third-order valence-electron chi connectivity index (χ3n) is 5.21. The van der Waals surface area contributed by atoms with E-state index in [0.29, 0.717) is 17.7 Å². The van der Waals surface area contributed by atoms with Crippen molar-refractivity contribution in [3.05, 3.63) is 59.8 Å². The number of halogens is 1. The lowest BCUT2D eigenvalue weighted by Crippen LogP contribution is -2.11. The molecule has 1 aromatic carbocycles. The molecule has 0 aliphatic heterocycles. The van der Waals surface area contributed by atoms with E-state index in [0.717, 1.165) is 24.8 Å². The van der Waals surface area contributed by atoms with Crippen molar-refractivity contribution in [1.29, 1.82) is 0 Å². The van der Waals surface area contributed by atoms with Crippen molar-refractivity contribution in [2.75, 3.05) is 5.73 Å². The summed E-state index contributed by atoms with van der Waals surface area (Å²) in [5.41, 5.74) is 7.56. The maximum atomic E-state index is 15.5. The molecule has 6 nitrogen and oxygen atoms in total. The summed E-state index contributed by atoms with van der Waals surface area (Å²) in [6, 6.07) is 6.81. The van der Waals surface area contributed by atoms with Crippen molar-refractivity contribution >= 4 is 11.6 Å². The summed E-state index contributed by atoms with van der Waals surface area (Å²) < 4.78 is 21.4. The molecule has 4 rings (SSSR count). The number of carbonyl (C=O) groups is 1. The highest BCUT2D eigenvalue weighted by Gasteiger charge is 2.27. The largest absolute Gasteiger partial charge is 0.436 e. The highest BCUT2D eigenvalue weighted by Crippen LogP contribution is 2.44. The Hall–Kier alpha value is -3.35. The van der Waals surface area contributed by atoms with Gasteiger partial charge in [0.1, 0.15) is 5.82 Å². The normalized spacial score (nSPS) is 13.7. The second kappa shape index (κ2) is 7.95. The van der Waals surface area contributed by atoms with Crippen LogP contribution in [0.4, 0.5) is 10.2 Å². The molecule has 0 radical (unpaired) electrons. The van der Waals surface area contributed by atoms with Gasteiger partial charge < -0.3 is 10.5 Å². The summed E-state index contributed by atoms with van der Waals surface area (Å²) in [4.78, 5) is 24.1. The Morgan fingerprint density at radius 2 is 1.97 bits per heavy atom. The van der Waals surface area contributed by atoms with Crippen molar-refractivity contribution in [2.45, 2.75) is 38.5 Å². The number of pyridine rings is 1. The zero-order chi connectivity index (χ0) is 20.4. The van der Waals surface area contributed by atoms with Gasteiger partial charge in [-0.05, 0) is 30.9 Å².